The second-order valence-corrected chi connectivity index (χ2v) is 10.4. The molecule has 194 valence electrons. The number of hydrogen-bond donors (Lipinski definition) is 1. The lowest BCUT2D eigenvalue weighted by atomic mass is 9.94. The molecule has 1 N–H and O–H groups in total. The Morgan fingerprint density at radius 3 is 2.42 bits per heavy atom. The van der Waals surface area contributed by atoms with Crippen molar-refractivity contribution in [1.29, 1.82) is 5.26 Å². The van der Waals surface area contributed by atoms with Crippen molar-refractivity contribution < 1.29 is 9.53 Å². The molecule has 2 aromatic carbocycles. The molecule has 1 aromatic heterocycles. The predicted molar refractivity (Wildman–Crippen MR) is 146 cm³/mol. The van der Waals surface area contributed by atoms with Gasteiger partial charge in [0.1, 0.15) is 0 Å². The number of fused-ring (bicyclic) bond motifs is 2. The van der Waals surface area contributed by atoms with E-state index in [0.717, 1.165) is 43.1 Å². The van der Waals surface area contributed by atoms with Crippen LogP contribution in [0.2, 0.25) is 0 Å². The minimum absolute atomic E-state index is 0.0237. The quantitative estimate of drug-likeness (QED) is 0.433. The van der Waals surface area contributed by atoms with Gasteiger partial charge >= 0.3 is 0 Å². The molecule has 0 aliphatic carbocycles. The summed E-state index contributed by atoms with van der Waals surface area (Å²) < 4.78 is 5.81. The standard InChI is InChI=1S/C30H32N6O2/c31-14-1-2-29(37)22-5-3-21(4-6-22)28-11-15-32-30(34-28)33-23-7-9-24(10-8-23)35-16-12-25(13-17-35)36-19-26-18-27(20-36)38-26/h3-11,15,25-27H,1-2,12-13,16-20H2,(H,32,33,34). The normalized spacial score (nSPS) is 21.4. The Morgan fingerprint density at radius 1 is 1.03 bits per heavy atom. The van der Waals surface area contributed by atoms with Gasteiger partial charge in [0.05, 0.1) is 24.0 Å². The number of carbonyl (C=O) groups excluding carboxylic acids is 1. The molecule has 8 heteroatoms. The molecule has 2 unspecified atom stereocenters. The molecule has 4 aliphatic rings. The first kappa shape index (κ1) is 24.5. The summed E-state index contributed by atoms with van der Waals surface area (Å²) in [5.41, 5.74) is 4.47. The summed E-state index contributed by atoms with van der Waals surface area (Å²) in [6.07, 6.45) is 6.82. The van der Waals surface area contributed by atoms with Crippen LogP contribution in [0.15, 0.2) is 60.8 Å². The zero-order valence-corrected chi connectivity index (χ0v) is 21.4. The van der Waals surface area contributed by atoms with Gasteiger partial charge in [-0.3, -0.25) is 9.69 Å². The van der Waals surface area contributed by atoms with Gasteiger partial charge in [0.2, 0.25) is 5.95 Å². The first-order valence-electron chi connectivity index (χ1n) is 13.5. The SMILES string of the molecule is N#CCCC(=O)c1ccc(-c2ccnc(Nc3ccc(N4CCC(N5CC6CC(C5)O6)CC4)cc3)n2)cc1. The maximum atomic E-state index is 12.1. The molecular weight excluding hydrogens is 476 g/mol. The van der Waals surface area contributed by atoms with Crippen LogP contribution in [0.25, 0.3) is 11.3 Å². The largest absolute Gasteiger partial charge is 0.372 e. The van der Waals surface area contributed by atoms with Crippen molar-refractivity contribution in [1.82, 2.24) is 14.9 Å². The summed E-state index contributed by atoms with van der Waals surface area (Å²) in [4.78, 5) is 26.3. The summed E-state index contributed by atoms with van der Waals surface area (Å²) in [5.74, 6) is 0.498. The third kappa shape index (κ3) is 5.40. The molecule has 8 nitrogen and oxygen atoms in total. The number of nitrogens with zero attached hydrogens (tertiary/aromatic N) is 5. The lowest BCUT2D eigenvalue weighted by molar-refractivity contribution is -0.189. The number of anilines is 3. The summed E-state index contributed by atoms with van der Waals surface area (Å²) in [7, 11) is 0. The number of nitrogens with one attached hydrogen (secondary N) is 1. The van der Waals surface area contributed by atoms with Gasteiger partial charge in [-0.15, -0.1) is 0 Å². The fraction of sp³-hybridized carbons (Fsp3) is 0.400. The highest BCUT2D eigenvalue weighted by Crippen LogP contribution is 2.32. The molecule has 2 atom stereocenters. The highest BCUT2D eigenvalue weighted by molar-refractivity contribution is 5.96. The van der Waals surface area contributed by atoms with E-state index in [9.17, 15) is 4.79 Å². The Hall–Kier alpha value is -3.80. The van der Waals surface area contributed by atoms with Crippen LogP contribution >= 0.6 is 0 Å². The van der Waals surface area contributed by atoms with Crippen molar-refractivity contribution in [3.63, 3.8) is 0 Å². The first-order chi connectivity index (χ1) is 18.6. The lowest BCUT2D eigenvalue weighted by Crippen LogP contribution is -2.61. The van der Waals surface area contributed by atoms with Crippen LogP contribution in [-0.2, 0) is 4.74 Å². The average molecular weight is 509 g/mol. The van der Waals surface area contributed by atoms with Crippen molar-refractivity contribution in [3.05, 3.63) is 66.4 Å². The van der Waals surface area contributed by atoms with Crippen LogP contribution < -0.4 is 10.2 Å². The highest BCUT2D eigenvalue weighted by Gasteiger charge is 2.41. The van der Waals surface area contributed by atoms with Crippen LogP contribution in [-0.4, -0.2) is 65.1 Å². The molecule has 2 bridgehead atoms. The van der Waals surface area contributed by atoms with Gasteiger partial charge in [0, 0.05) is 80.2 Å². The number of ketones is 1. The maximum absolute atomic E-state index is 12.1. The Kier molecular flexibility index (Phi) is 7.04. The Bertz CT molecular complexity index is 1300. The van der Waals surface area contributed by atoms with E-state index in [2.05, 4.69) is 49.4 Å². The van der Waals surface area contributed by atoms with E-state index in [1.165, 1.54) is 24.9 Å². The number of ether oxygens (including phenoxy) is 1. The Balaban J connectivity index is 1.04. The summed E-state index contributed by atoms with van der Waals surface area (Å²) in [5, 5.41) is 12.0. The molecule has 4 fully saturated rings. The zero-order valence-electron chi connectivity index (χ0n) is 21.4. The smallest absolute Gasteiger partial charge is 0.227 e. The Morgan fingerprint density at radius 2 is 1.74 bits per heavy atom. The number of morpholine rings is 1. The zero-order chi connectivity index (χ0) is 25.9. The van der Waals surface area contributed by atoms with E-state index in [1.54, 1.807) is 18.3 Å². The van der Waals surface area contributed by atoms with E-state index >= 15 is 0 Å². The molecular formula is C30H32N6O2. The fourth-order valence-corrected chi connectivity index (χ4v) is 5.78. The van der Waals surface area contributed by atoms with Crippen LogP contribution in [0.5, 0.6) is 0 Å². The van der Waals surface area contributed by atoms with Gasteiger partial charge < -0.3 is 15.0 Å². The van der Waals surface area contributed by atoms with E-state index in [1.807, 2.05) is 24.3 Å². The topological polar surface area (TPSA) is 94.4 Å². The van der Waals surface area contributed by atoms with E-state index < -0.39 is 0 Å². The summed E-state index contributed by atoms with van der Waals surface area (Å²) in [6, 6.07) is 20.4. The van der Waals surface area contributed by atoms with Crippen molar-refractivity contribution >= 4 is 23.1 Å². The number of rotatable bonds is 8. The average Bonchev–Trinajstić information content (AvgIpc) is 2.96. The molecule has 3 aromatic rings. The second-order valence-electron chi connectivity index (χ2n) is 10.4. The minimum Gasteiger partial charge on any atom is -0.372 e. The number of carbonyl (C=O) groups is 1. The van der Waals surface area contributed by atoms with Crippen LogP contribution in [0.4, 0.5) is 17.3 Å². The lowest BCUT2D eigenvalue weighted by Gasteiger charge is -2.51. The summed E-state index contributed by atoms with van der Waals surface area (Å²) in [6.45, 7) is 4.38. The van der Waals surface area contributed by atoms with Crippen LogP contribution in [0.3, 0.4) is 0 Å². The van der Waals surface area contributed by atoms with Crippen molar-refractivity contribution in [2.75, 3.05) is 36.4 Å². The number of piperidine rings is 2. The minimum atomic E-state index is -0.0237. The molecule has 4 aliphatic heterocycles. The molecule has 4 saturated heterocycles. The van der Waals surface area contributed by atoms with Gasteiger partial charge in [0.15, 0.2) is 5.78 Å². The Labute approximate surface area is 223 Å². The van der Waals surface area contributed by atoms with Crippen LogP contribution in [0.1, 0.15) is 42.5 Å². The molecule has 38 heavy (non-hydrogen) atoms. The molecule has 0 amide bonds. The monoisotopic (exact) mass is 508 g/mol. The van der Waals surface area contributed by atoms with Gasteiger partial charge in [-0.2, -0.15) is 5.26 Å². The van der Waals surface area contributed by atoms with E-state index in [0.29, 0.717) is 29.8 Å². The van der Waals surface area contributed by atoms with Crippen molar-refractivity contribution in [2.24, 2.45) is 0 Å². The molecule has 5 heterocycles. The molecule has 0 radical (unpaired) electrons. The fourth-order valence-electron chi connectivity index (χ4n) is 5.78. The van der Waals surface area contributed by atoms with Crippen molar-refractivity contribution in [3.8, 4) is 17.3 Å². The van der Waals surface area contributed by atoms with Gasteiger partial charge in [0.25, 0.3) is 0 Å². The molecule has 0 saturated carbocycles. The molecule has 0 spiro atoms. The van der Waals surface area contributed by atoms with Crippen molar-refractivity contribution in [2.45, 2.75) is 50.4 Å². The van der Waals surface area contributed by atoms with Gasteiger partial charge in [-0.25, -0.2) is 9.97 Å². The predicted octanol–water partition coefficient (Wildman–Crippen LogP) is 4.82. The number of benzene rings is 2. The number of nitriles is 1. The summed E-state index contributed by atoms with van der Waals surface area (Å²) >= 11 is 0. The van der Waals surface area contributed by atoms with Gasteiger partial charge in [-0.05, 0) is 43.2 Å². The molecule has 7 rings (SSSR count). The third-order valence-corrected chi connectivity index (χ3v) is 7.88. The highest BCUT2D eigenvalue weighted by atomic mass is 16.5. The van der Waals surface area contributed by atoms with E-state index in [-0.39, 0.29) is 18.6 Å². The number of Topliss-reactive ketones (excluding diaryl/α,β-unsaturated/α-hetero) is 1. The second kappa shape index (κ2) is 10.9. The van der Waals surface area contributed by atoms with Gasteiger partial charge in [-0.1, -0.05) is 24.3 Å². The maximum Gasteiger partial charge on any atom is 0.227 e. The number of hydrogen-bond acceptors (Lipinski definition) is 8. The first-order valence-corrected chi connectivity index (χ1v) is 13.5. The number of aromatic nitrogens is 2. The van der Waals surface area contributed by atoms with E-state index in [4.69, 9.17) is 10.00 Å². The van der Waals surface area contributed by atoms with Crippen LogP contribution in [0, 0.1) is 11.3 Å². The third-order valence-electron chi connectivity index (χ3n) is 7.88.